The molecule has 0 aliphatic carbocycles. The van der Waals surface area contributed by atoms with E-state index in [0.29, 0.717) is 6.54 Å². The van der Waals surface area contributed by atoms with E-state index in [4.69, 9.17) is 0 Å². The first-order valence-corrected chi connectivity index (χ1v) is 9.24. The van der Waals surface area contributed by atoms with Gasteiger partial charge in [0.05, 0.1) is 10.8 Å². The number of amides is 1. The Morgan fingerprint density at radius 1 is 1.08 bits per heavy atom. The summed E-state index contributed by atoms with van der Waals surface area (Å²) in [4.78, 5) is 23.8. The molecule has 0 aliphatic heterocycles. The summed E-state index contributed by atoms with van der Waals surface area (Å²) in [5.74, 6) is 0.801. The highest BCUT2D eigenvalue weighted by Gasteiger charge is 2.23. The molecule has 0 unspecified atom stereocenters. The van der Waals surface area contributed by atoms with Crippen molar-refractivity contribution in [3.63, 3.8) is 0 Å². The van der Waals surface area contributed by atoms with Crippen LogP contribution in [0.5, 0.6) is 0 Å². The molecular weight excluding hydrogens is 330 g/mol. The van der Waals surface area contributed by atoms with Gasteiger partial charge in [0.25, 0.3) is 0 Å². The molecule has 0 saturated heterocycles. The number of carbonyl (C=O) groups is 1. The molecule has 128 valence electrons. The third-order valence-electron chi connectivity index (χ3n) is 3.97. The van der Waals surface area contributed by atoms with E-state index in [-0.39, 0.29) is 11.2 Å². The Kier molecular flexibility index (Phi) is 5.34. The van der Waals surface area contributed by atoms with E-state index in [2.05, 4.69) is 9.97 Å². The molecule has 1 heterocycles. The molecule has 0 spiro atoms. The summed E-state index contributed by atoms with van der Waals surface area (Å²) in [5, 5.41) is 1.60. The number of aryl methyl sites for hydroxylation is 1. The third kappa shape index (κ3) is 3.82. The van der Waals surface area contributed by atoms with Gasteiger partial charge in [-0.1, -0.05) is 48.2 Å². The van der Waals surface area contributed by atoms with Gasteiger partial charge in [-0.2, -0.15) is 0 Å². The third-order valence-corrected chi connectivity index (χ3v) is 5.06. The summed E-state index contributed by atoms with van der Waals surface area (Å²) in [6.07, 6.45) is 0. The Morgan fingerprint density at radius 2 is 1.76 bits per heavy atom. The SMILES string of the molecule is CCN(C(=O)[C@H](C)Sc1nc(C)nc2ccccc12)c1ccccc1. The molecule has 25 heavy (non-hydrogen) atoms. The molecule has 1 amide bonds. The Balaban J connectivity index is 1.87. The number of hydrogen-bond donors (Lipinski definition) is 0. The fraction of sp³-hybridized carbons (Fsp3) is 0.250. The number of thioether (sulfide) groups is 1. The van der Waals surface area contributed by atoms with Crippen molar-refractivity contribution >= 4 is 34.3 Å². The first-order chi connectivity index (χ1) is 12.1. The van der Waals surface area contributed by atoms with Crippen LogP contribution in [0.15, 0.2) is 59.6 Å². The Hall–Kier alpha value is -2.40. The van der Waals surface area contributed by atoms with Crippen LogP contribution in [0.1, 0.15) is 19.7 Å². The van der Waals surface area contributed by atoms with Crippen LogP contribution in [0, 0.1) is 6.92 Å². The van der Waals surface area contributed by atoms with Crippen molar-refractivity contribution in [3.05, 3.63) is 60.4 Å². The van der Waals surface area contributed by atoms with Gasteiger partial charge in [0.1, 0.15) is 10.9 Å². The van der Waals surface area contributed by atoms with Gasteiger partial charge in [0.15, 0.2) is 0 Å². The molecular formula is C20H21N3OS. The van der Waals surface area contributed by atoms with Gasteiger partial charge < -0.3 is 4.90 Å². The summed E-state index contributed by atoms with van der Waals surface area (Å²) in [7, 11) is 0. The molecule has 1 aromatic heterocycles. The van der Waals surface area contributed by atoms with Crippen molar-refractivity contribution in [1.29, 1.82) is 0 Å². The van der Waals surface area contributed by atoms with Gasteiger partial charge >= 0.3 is 0 Å². The lowest BCUT2D eigenvalue weighted by molar-refractivity contribution is -0.117. The van der Waals surface area contributed by atoms with Crippen molar-refractivity contribution in [1.82, 2.24) is 9.97 Å². The number of nitrogens with zero attached hydrogens (tertiary/aromatic N) is 3. The zero-order valence-electron chi connectivity index (χ0n) is 14.6. The van der Waals surface area contributed by atoms with Gasteiger partial charge in [0.2, 0.25) is 5.91 Å². The van der Waals surface area contributed by atoms with Crippen molar-refractivity contribution in [3.8, 4) is 0 Å². The van der Waals surface area contributed by atoms with E-state index in [1.54, 1.807) is 0 Å². The molecule has 2 aromatic carbocycles. The van der Waals surface area contributed by atoms with Gasteiger partial charge in [-0.25, -0.2) is 9.97 Å². The quantitative estimate of drug-likeness (QED) is 0.502. The summed E-state index contributed by atoms with van der Waals surface area (Å²) < 4.78 is 0. The molecule has 0 aliphatic rings. The van der Waals surface area contributed by atoms with E-state index in [1.807, 2.05) is 80.3 Å². The molecule has 0 fully saturated rings. The second kappa shape index (κ2) is 7.66. The van der Waals surface area contributed by atoms with E-state index in [1.165, 1.54) is 11.8 Å². The van der Waals surface area contributed by atoms with Crippen molar-refractivity contribution < 1.29 is 4.79 Å². The maximum atomic E-state index is 13.0. The smallest absolute Gasteiger partial charge is 0.240 e. The number of carbonyl (C=O) groups excluding carboxylic acids is 1. The lowest BCUT2D eigenvalue weighted by atomic mass is 10.2. The van der Waals surface area contributed by atoms with Crippen LogP contribution in [0.25, 0.3) is 10.9 Å². The van der Waals surface area contributed by atoms with Crippen LogP contribution in [-0.2, 0) is 4.79 Å². The fourth-order valence-electron chi connectivity index (χ4n) is 2.76. The number of rotatable bonds is 5. The number of aromatic nitrogens is 2. The molecule has 0 radical (unpaired) electrons. The zero-order chi connectivity index (χ0) is 17.8. The number of fused-ring (bicyclic) bond motifs is 1. The van der Waals surface area contributed by atoms with Crippen molar-refractivity contribution in [2.75, 3.05) is 11.4 Å². The number of para-hydroxylation sites is 2. The summed E-state index contributed by atoms with van der Waals surface area (Å²) >= 11 is 1.49. The normalized spacial score (nSPS) is 12.1. The van der Waals surface area contributed by atoms with E-state index < -0.39 is 0 Å². The summed E-state index contributed by atoms with van der Waals surface area (Å²) in [6.45, 7) is 6.44. The highest BCUT2D eigenvalue weighted by molar-refractivity contribution is 8.00. The average Bonchev–Trinajstić information content (AvgIpc) is 2.63. The molecule has 3 rings (SSSR count). The highest BCUT2D eigenvalue weighted by Crippen LogP contribution is 2.30. The predicted molar refractivity (Wildman–Crippen MR) is 104 cm³/mol. The van der Waals surface area contributed by atoms with Gasteiger partial charge in [-0.15, -0.1) is 0 Å². The van der Waals surface area contributed by atoms with Crippen molar-refractivity contribution in [2.24, 2.45) is 0 Å². The Morgan fingerprint density at radius 3 is 2.48 bits per heavy atom. The van der Waals surface area contributed by atoms with Crippen LogP contribution in [-0.4, -0.2) is 27.7 Å². The van der Waals surface area contributed by atoms with Crippen LogP contribution in [0.4, 0.5) is 5.69 Å². The molecule has 3 aromatic rings. The molecule has 0 N–H and O–H groups in total. The number of benzene rings is 2. The van der Waals surface area contributed by atoms with Crippen LogP contribution < -0.4 is 4.90 Å². The first kappa shape index (κ1) is 17.4. The van der Waals surface area contributed by atoms with Gasteiger partial charge in [-0.05, 0) is 39.0 Å². The standard InChI is InChI=1S/C20H21N3OS/c1-4-23(16-10-6-5-7-11-16)20(24)14(2)25-19-17-12-8-9-13-18(17)21-15(3)22-19/h5-14H,4H2,1-3H3/t14-/m0/s1. The highest BCUT2D eigenvalue weighted by atomic mass is 32.2. The molecule has 0 saturated carbocycles. The Labute approximate surface area is 152 Å². The molecule has 1 atom stereocenters. The van der Waals surface area contributed by atoms with Crippen LogP contribution >= 0.6 is 11.8 Å². The summed E-state index contributed by atoms with van der Waals surface area (Å²) in [6, 6.07) is 17.7. The van der Waals surface area contributed by atoms with Crippen LogP contribution in [0.2, 0.25) is 0 Å². The van der Waals surface area contributed by atoms with Gasteiger partial charge in [-0.3, -0.25) is 4.79 Å². The molecule has 5 heteroatoms. The minimum absolute atomic E-state index is 0.0825. The van der Waals surface area contributed by atoms with E-state index in [0.717, 1.165) is 27.4 Å². The second-order valence-electron chi connectivity index (χ2n) is 5.77. The summed E-state index contributed by atoms with van der Waals surface area (Å²) in [5.41, 5.74) is 1.83. The fourth-order valence-corrected chi connectivity index (χ4v) is 3.81. The minimum Gasteiger partial charge on any atom is -0.312 e. The van der Waals surface area contributed by atoms with Crippen molar-refractivity contribution in [2.45, 2.75) is 31.0 Å². The van der Waals surface area contributed by atoms with Crippen LogP contribution in [0.3, 0.4) is 0 Å². The minimum atomic E-state index is -0.238. The van der Waals surface area contributed by atoms with E-state index >= 15 is 0 Å². The first-order valence-electron chi connectivity index (χ1n) is 8.36. The maximum Gasteiger partial charge on any atom is 0.240 e. The predicted octanol–water partition coefficient (Wildman–Crippen LogP) is 4.47. The second-order valence-corrected chi connectivity index (χ2v) is 7.10. The largest absolute Gasteiger partial charge is 0.312 e. The average molecular weight is 351 g/mol. The number of anilines is 1. The lowest BCUT2D eigenvalue weighted by Crippen LogP contribution is -2.36. The monoisotopic (exact) mass is 351 g/mol. The maximum absolute atomic E-state index is 13.0. The lowest BCUT2D eigenvalue weighted by Gasteiger charge is -2.24. The Bertz CT molecular complexity index is 883. The van der Waals surface area contributed by atoms with E-state index in [9.17, 15) is 4.79 Å². The zero-order valence-corrected chi connectivity index (χ0v) is 15.5. The molecule has 4 nitrogen and oxygen atoms in total. The van der Waals surface area contributed by atoms with Gasteiger partial charge in [0, 0.05) is 17.6 Å². The molecule has 0 bridgehead atoms. The topological polar surface area (TPSA) is 46.1 Å². The number of hydrogen-bond acceptors (Lipinski definition) is 4.